The van der Waals surface area contributed by atoms with Crippen LogP contribution in [0.5, 0.6) is 5.75 Å². The van der Waals surface area contributed by atoms with Crippen LogP contribution in [0.4, 0.5) is 0 Å². The van der Waals surface area contributed by atoms with Gasteiger partial charge in [-0.25, -0.2) is 9.09 Å². The van der Waals surface area contributed by atoms with Crippen LogP contribution in [0.3, 0.4) is 0 Å². The first kappa shape index (κ1) is 22.0. The molecule has 6 nitrogen and oxygen atoms in total. The Bertz CT molecular complexity index is 639. The Kier molecular flexibility index (Phi) is 7.81. The molecule has 4 fully saturated rings. The molecule has 5 rings (SSSR count). The van der Waals surface area contributed by atoms with Crippen LogP contribution in [-0.2, 0) is 13.8 Å². The number of hydrogen-bond acceptors (Lipinski definition) is 5. The van der Waals surface area contributed by atoms with Gasteiger partial charge in [0, 0.05) is 0 Å². The zero-order valence-corrected chi connectivity index (χ0v) is 15.1. The van der Waals surface area contributed by atoms with Crippen LogP contribution >= 0.6 is 7.82 Å². The summed E-state index contributed by atoms with van der Waals surface area (Å²) in [5.74, 6) is 3.38. The molecule has 0 aromatic heterocycles. The summed E-state index contributed by atoms with van der Waals surface area (Å²) in [5.41, 5.74) is 1.38. The molecule has 4 N–H and O–H groups in total. The molecular weight excluding hydrogens is 364 g/mol. The molecule has 1 aromatic rings. The number of benzene rings is 1. The Morgan fingerprint density at radius 1 is 1.04 bits per heavy atom. The van der Waals surface area contributed by atoms with Crippen LogP contribution in [0.25, 0.3) is 0 Å². The summed E-state index contributed by atoms with van der Waals surface area (Å²) >= 11 is 0. The monoisotopic (exact) mass is 391 g/mol. The van der Waals surface area contributed by atoms with E-state index in [1.807, 2.05) is 0 Å². The van der Waals surface area contributed by atoms with Gasteiger partial charge < -0.3 is 15.4 Å². The van der Waals surface area contributed by atoms with Crippen molar-refractivity contribution in [2.24, 2.45) is 23.7 Å². The molecule has 1 unspecified atom stereocenters. The van der Waals surface area contributed by atoms with E-state index in [0.717, 1.165) is 11.8 Å². The van der Waals surface area contributed by atoms with Crippen molar-refractivity contribution in [1.82, 2.24) is 6.15 Å². The first-order chi connectivity index (χ1) is 11.6. The van der Waals surface area contributed by atoms with Gasteiger partial charge in [-0.2, -0.15) is 0 Å². The molecule has 4 aliphatic rings. The van der Waals surface area contributed by atoms with Gasteiger partial charge in [-0.3, -0.25) is 4.89 Å². The molecule has 0 saturated heterocycles. The summed E-state index contributed by atoms with van der Waals surface area (Å²) in [5, 5.41) is 0. The Hall–Kier alpha value is -0.330. The van der Waals surface area contributed by atoms with E-state index in [1.165, 1.54) is 37.7 Å². The van der Waals surface area contributed by atoms with Gasteiger partial charge in [-0.05, 0) is 73.5 Å². The average molecular weight is 391 g/mol. The molecule has 140 valence electrons. The summed E-state index contributed by atoms with van der Waals surface area (Å²) in [7, 11) is -4.16. The Balaban J connectivity index is 0.00000121. The van der Waals surface area contributed by atoms with Gasteiger partial charge in [-0.15, -0.1) is 0 Å². The summed E-state index contributed by atoms with van der Waals surface area (Å²) < 4.78 is 27.2. The third kappa shape index (κ3) is 5.14. The molecule has 0 amide bonds. The van der Waals surface area contributed by atoms with Crippen molar-refractivity contribution in [3.05, 3.63) is 42.2 Å². The van der Waals surface area contributed by atoms with E-state index in [9.17, 15) is 9.46 Å². The normalized spacial score (nSPS) is 30.6. The first-order valence-corrected chi connectivity index (χ1v) is 10.1. The van der Waals surface area contributed by atoms with E-state index >= 15 is 0 Å². The van der Waals surface area contributed by atoms with E-state index in [0.29, 0.717) is 17.6 Å². The van der Waals surface area contributed by atoms with Crippen LogP contribution in [0.1, 0.15) is 32.1 Å². The van der Waals surface area contributed by atoms with Gasteiger partial charge in [0.15, 0.2) is 0 Å². The number of hydrogen-bond donors (Lipinski definition) is 2. The van der Waals surface area contributed by atoms with Gasteiger partial charge >= 0.3 is 37.4 Å². The maximum absolute atomic E-state index is 11.9. The van der Waals surface area contributed by atoms with Gasteiger partial charge in [0.05, 0.1) is 6.26 Å². The van der Waals surface area contributed by atoms with Gasteiger partial charge in [0.25, 0.3) is 0 Å². The fourth-order valence-electron chi connectivity index (χ4n) is 4.79. The number of allylic oxidation sites excluding steroid dienone is 1. The van der Waals surface area contributed by atoms with Crippen LogP contribution in [0.15, 0.2) is 42.2 Å². The van der Waals surface area contributed by atoms with Gasteiger partial charge in [-0.1, -0.05) is 18.2 Å². The van der Waals surface area contributed by atoms with Crippen molar-refractivity contribution in [3.8, 4) is 5.75 Å². The van der Waals surface area contributed by atoms with Crippen molar-refractivity contribution in [2.75, 3.05) is 6.79 Å². The van der Waals surface area contributed by atoms with E-state index in [4.69, 9.17) is 13.8 Å². The second-order valence-corrected chi connectivity index (χ2v) is 8.59. The van der Waals surface area contributed by atoms with Crippen LogP contribution < -0.4 is 10.7 Å². The number of phosphoric ester groups is 1. The topological polar surface area (TPSA) is 100.0 Å². The summed E-state index contributed by atoms with van der Waals surface area (Å²) in [4.78, 5) is 9.72. The fourth-order valence-corrected chi connectivity index (χ4v) is 5.42. The van der Waals surface area contributed by atoms with Crippen LogP contribution in [-0.4, -0.2) is 41.2 Å². The third-order valence-electron chi connectivity index (χ3n) is 5.55. The molecule has 0 heterocycles. The molecule has 0 aliphatic heterocycles. The number of phosphoric acid groups is 1. The second-order valence-electron chi connectivity index (χ2n) is 7.21. The Labute approximate surface area is 176 Å². The fraction of sp³-hybridized carbons (Fsp3) is 0.556. The van der Waals surface area contributed by atoms with Gasteiger partial charge in [0.2, 0.25) is 6.79 Å². The number of para-hydroxylation sites is 1. The molecule has 4 bridgehead atoms. The van der Waals surface area contributed by atoms with Crippen LogP contribution in [0, 0.1) is 23.7 Å². The molecule has 4 aliphatic carbocycles. The predicted molar refractivity (Wildman–Crippen MR) is 101 cm³/mol. The number of ether oxygens (including phenoxy) is 1. The molecule has 1 aromatic carbocycles. The Morgan fingerprint density at radius 3 is 2.19 bits per heavy atom. The second kappa shape index (κ2) is 9.24. The van der Waals surface area contributed by atoms with Crippen molar-refractivity contribution >= 4 is 37.4 Å². The molecule has 4 saturated carbocycles. The maximum atomic E-state index is 11.9. The standard InChI is InChI=1S/C18H23O5P.H3N.Na.H/c19-24(20,23-17-4-2-1-3-5-17)22-12-21-11-18-15-7-13-6-14(9-15)10-16(18)8-13;;;/h1-5,11,13-16H,6-10,12H2,(H,19,20);1H3;;. The predicted octanol–water partition coefficient (Wildman–Crippen LogP) is 4.01. The van der Waals surface area contributed by atoms with E-state index in [1.54, 1.807) is 36.6 Å². The summed E-state index contributed by atoms with van der Waals surface area (Å²) in [6.07, 6.45) is 8.29. The zero-order chi connectivity index (χ0) is 16.6. The van der Waals surface area contributed by atoms with Crippen molar-refractivity contribution in [2.45, 2.75) is 32.1 Å². The minimum atomic E-state index is -4.16. The molecule has 26 heavy (non-hydrogen) atoms. The van der Waals surface area contributed by atoms with E-state index in [-0.39, 0.29) is 42.5 Å². The molecule has 0 radical (unpaired) electrons. The molecule has 1 atom stereocenters. The molecule has 8 heteroatoms. The van der Waals surface area contributed by atoms with Gasteiger partial charge in [0.1, 0.15) is 5.75 Å². The SMILES string of the molecule is N.O=P(O)(OCOC=C1C2CC3CC(C2)CC1C3)Oc1ccccc1.[NaH]. The van der Waals surface area contributed by atoms with Crippen LogP contribution in [0.2, 0.25) is 0 Å². The number of rotatable bonds is 6. The zero-order valence-electron chi connectivity index (χ0n) is 14.3. The van der Waals surface area contributed by atoms with Crippen molar-refractivity contribution in [1.29, 1.82) is 0 Å². The minimum absolute atomic E-state index is 0. The molecule has 0 spiro atoms. The van der Waals surface area contributed by atoms with Crippen molar-refractivity contribution < 1.29 is 23.2 Å². The summed E-state index contributed by atoms with van der Waals surface area (Å²) in [6.45, 7) is -0.281. The molecular formula is C18H27NNaO5P. The Morgan fingerprint density at radius 2 is 1.62 bits per heavy atom. The summed E-state index contributed by atoms with van der Waals surface area (Å²) in [6, 6.07) is 8.45. The average Bonchev–Trinajstić information content (AvgIpc) is 2.53. The van der Waals surface area contributed by atoms with E-state index < -0.39 is 7.82 Å². The quantitative estimate of drug-likeness (QED) is 0.250. The first-order valence-electron chi connectivity index (χ1n) is 8.62. The van der Waals surface area contributed by atoms with Crippen molar-refractivity contribution in [3.63, 3.8) is 0 Å². The van der Waals surface area contributed by atoms with E-state index in [2.05, 4.69) is 0 Å². The third-order valence-corrected chi connectivity index (χ3v) is 6.42.